The minimum atomic E-state index is -0.301. The van der Waals surface area contributed by atoms with Crippen molar-refractivity contribution in [3.05, 3.63) is 58.7 Å². The first-order chi connectivity index (χ1) is 15.0. The highest BCUT2D eigenvalue weighted by Crippen LogP contribution is 2.35. The molecule has 2 N–H and O–H groups in total. The molecule has 2 aromatic carbocycles. The number of ether oxygens (including phenoxy) is 3. The maximum Gasteiger partial charge on any atom is 0.311 e. The van der Waals surface area contributed by atoms with E-state index in [0.29, 0.717) is 18.0 Å². The lowest BCUT2D eigenvalue weighted by Crippen LogP contribution is -3.14. The number of nitrogens with one attached hydrogen (secondary N) is 2. The van der Waals surface area contributed by atoms with Gasteiger partial charge in [0.25, 0.3) is 5.91 Å². The van der Waals surface area contributed by atoms with Crippen molar-refractivity contribution in [2.45, 2.75) is 32.4 Å². The van der Waals surface area contributed by atoms with Crippen LogP contribution in [0.25, 0.3) is 0 Å². The number of methoxy groups -OCH3 is 3. The molecule has 3 rings (SSSR count). The maximum atomic E-state index is 12.7. The lowest BCUT2D eigenvalue weighted by Gasteiger charge is -2.34. The van der Waals surface area contributed by atoms with Crippen LogP contribution >= 0.6 is 0 Å². The second-order valence-electron chi connectivity index (χ2n) is 7.78. The Morgan fingerprint density at radius 2 is 1.81 bits per heavy atom. The maximum absolute atomic E-state index is 12.7. The van der Waals surface area contributed by atoms with Gasteiger partial charge in [0.05, 0.1) is 27.9 Å². The van der Waals surface area contributed by atoms with Gasteiger partial charge in [-0.05, 0) is 35.7 Å². The number of amides is 1. The molecule has 2 atom stereocenters. The fourth-order valence-corrected chi connectivity index (χ4v) is 4.15. The number of benzene rings is 2. The van der Waals surface area contributed by atoms with E-state index in [4.69, 9.17) is 14.2 Å². The van der Waals surface area contributed by atoms with Crippen molar-refractivity contribution in [1.82, 2.24) is 5.32 Å². The summed E-state index contributed by atoms with van der Waals surface area (Å²) in [6.45, 7) is 3.54. The van der Waals surface area contributed by atoms with Gasteiger partial charge in [-0.25, -0.2) is 0 Å². The largest absolute Gasteiger partial charge is 0.493 e. The number of hydrogen-bond acceptors (Lipinski definition) is 5. The molecule has 7 nitrogen and oxygen atoms in total. The Balaban J connectivity index is 1.78. The molecule has 1 aliphatic heterocycles. The second kappa shape index (κ2) is 10.3. The van der Waals surface area contributed by atoms with Crippen LogP contribution in [0, 0.1) is 6.92 Å². The van der Waals surface area contributed by atoms with Crippen LogP contribution in [0.4, 0.5) is 0 Å². The van der Waals surface area contributed by atoms with E-state index in [-0.39, 0.29) is 30.9 Å². The highest BCUT2D eigenvalue weighted by atomic mass is 16.5. The summed E-state index contributed by atoms with van der Waals surface area (Å²) in [6, 6.07) is 11.7. The van der Waals surface area contributed by atoms with E-state index in [1.54, 1.807) is 14.2 Å². The summed E-state index contributed by atoms with van der Waals surface area (Å²) < 4.78 is 15.8. The fraction of sp³-hybridized carbons (Fsp3) is 0.417. The normalized spacial score (nSPS) is 17.4. The Morgan fingerprint density at radius 1 is 1.10 bits per heavy atom. The quantitative estimate of drug-likeness (QED) is 0.623. The van der Waals surface area contributed by atoms with Crippen molar-refractivity contribution in [1.29, 1.82) is 0 Å². The molecule has 166 valence electrons. The number of esters is 1. The Labute approximate surface area is 183 Å². The molecule has 1 heterocycles. The standard InChI is InChI=1S/C24H30N2O5/c1-16-7-5-6-8-18(16)14-25-23(27)15-26-10-9-17-11-21(29-2)22(30-3)12-19(17)20(26)13-24(28)31-4/h5-8,11-12,20H,9-10,13-15H2,1-4H3,(H,25,27)/p+1/t20-/m1/s1. The second-order valence-corrected chi connectivity index (χ2v) is 7.78. The van der Waals surface area contributed by atoms with E-state index in [1.165, 1.54) is 7.11 Å². The molecule has 7 heteroatoms. The topological polar surface area (TPSA) is 78.3 Å². The van der Waals surface area contributed by atoms with E-state index >= 15 is 0 Å². The zero-order valence-electron chi connectivity index (χ0n) is 18.6. The molecule has 1 aliphatic rings. The van der Waals surface area contributed by atoms with Crippen LogP contribution in [-0.4, -0.2) is 46.3 Å². The number of rotatable bonds is 8. The van der Waals surface area contributed by atoms with Crippen molar-refractivity contribution in [3.63, 3.8) is 0 Å². The summed E-state index contributed by atoms with van der Waals surface area (Å²) in [6.07, 6.45) is 0.979. The first kappa shape index (κ1) is 22.6. The number of hydrogen-bond donors (Lipinski definition) is 2. The van der Waals surface area contributed by atoms with Crippen molar-refractivity contribution in [2.75, 3.05) is 34.4 Å². The highest BCUT2D eigenvalue weighted by molar-refractivity contribution is 5.77. The monoisotopic (exact) mass is 427 g/mol. The van der Waals surface area contributed by atoms with Crippen molar-refractivity contribution in [2.24, 2.45) is 0 Å². The molecule has 1 unspecified atom stereocenters. The third-order valence-corrected chi connectivity index (χ3v) is 5.95. The molecule has 0 fully saturated rings. The highest BCUT2D eigenvalue weighted by Gasteiger charge is 2.35. The van der Waals surface area contributed by atoms with Gasteiger partial charge in [-0.2, -0.15) is 0 Å². The molecule has 0 saturated heterocycles. The molecular weight excluding hydrogens is 396 g/mol. The van der Waals surface area contributed by atoms with Crippen molar-refractivity contribution in [3.8, 4) is 11.5 Å². The Morgan fingerprint density at radius 3 is 2.48 bits per heavy atom. The van der Waals surface area contributed by atoms with Crippen LogP contribution in [-0.2, 0) is 27.3 Å². The van der Waals surface area contributed by atoms with Crippen LogP contribution in [0.1, 0.15) is 34.7 Å². The zero-order chi connectivity index (χ0) is 22.4. The molecular formula is C24H31N2O5+. The van der Waals surface area contributed by atoms with Gasteiger partial charge in [-0.15, -0.1) is 0 Å². The number of fused-ring (bicyclic) bond motifs is 1. The summed E-state index contributed by atoms with van der Waals surface area (Å²) in [5.41, 5.74) is 4.34. The van der Waals surface area contributed by atoms with Gasteiger partial charge in [-0.3, -0.25) is 9.59 Å². The van der Waals surface area contributed by atoms with E-state index in [0.717, 1.165) is 40.1 Å². The number of carbonyl (C=O) groups excluding carboxylic acids is 2. The lowest BCUT2D eigenvalue weighted by atomic mass is 9.90. The van der Waals surface area contributed by atoms with Crippen LogP contribution in [0.3, 0.4) is 0 Å². The first-order valence-corrected chi connectivity index (χ1v) is 10.4. The van der Waals surface area contributed by atoms with Crippen LogP contribution in [0.5, 0.6) is 11.5 Å². The molecule has 0 bridgehead atoms. The molecule has 0 radical (unpaired) electrons. The van der Waals surface area contributed by atoms with Gasteiger partial charge in [0, 0.05) is 18.5 Å². The fourth-order valence-electron chi connectivity index (χ4n) is 4.15. The van der Waals surface area contributed by atoms with E-state index in [9.17, 15) is 9.59 Å². The van der Waals surface area contributed by atoms with E-state index < -0.39 is 0 Å². The van der Waals surface area contributed by atoms with Gasteiger partial charge >= 0.3 is 5.97 Å². The number of carbonyl (C=O) groups is 2. The average molecular weight is 428 g/mol. The number of quaternary nitrogens is 1. The first-order valence-electron chi connectivity index (χ1n) is 10.4. The minimum Gasteiger partial charge on any atom is -0.493 e. The Hall–Kier alpha value is -3.06. The molecule has 2 aromatic rings. The van der Waals surface area contributed by atoms with Crippen LogP contribution in [0.15, 0.2) is 36.4 Å². The Bertz CT molecular complexity index is 944. The van der Waals surface area contributed by atoms with E-state index in [1.807, 2.05) is 43.3 Å². The summed E-state index contributed by atoms with van der Waals surface area (Å²) >= 11 is 0. The van der Waals surface area contributed by atoms with Gasteiger partial charge in [0.1, 0.15) is 12.5 Å². The molecule has 1 amide bonds. The van der Waals surface area contributed by atoms with Crippen molar-refractivity contribution < 1.29 is 28.7 Å². The van der Waals surface area contributed by atoms with Gasteiger partial charge in [0.15, 0.2) is 18.0 Å². The molecule has 0 aromatic heterocycles. The van der Waals surface area contributed by atoms with Crippen LogP contribution < -0.4 is 19.7 Å². The molecule has 0 spiro atoms. The predicted octanol–water partition coefficient (Wildman–Crippen LogP) is 1.37. The number of aryl methyl sites for hydroxylation is 1. The average Bonchev–Trinajstić information content (AvgIpc) is 2.78. The van der Waals surface area contributed by atoms with Gasteiger partial charge < -0.3 is 24.4 Å². The summed E-state index contributed by atoms with van der Waals surface area (Å²) in [4.78, 5) is 25.9. The van der Waals surface area contributed by atoms with E-state index in [2.05, 4.69) is 5.32 Å². The van der Waals surface area contributed by atoms with Crippen molar-refractivity contribution >= 4 is 11.9 Å². The third-order valence-electron chi connectivity index (χ3n) is 5.95. The minimum absolute atomic E-state index is 0.0444. The smallest absolute Gasteiger partial charge is 0.311 e. The Kier molecular flexibility index (Phi) is 7.52. The van der Waals surface area contributed by atoms with Crippen LogP contribution in [0.2, 0.25) is 0 Å². The summed E-state index contributed by atoms with van der Waals surface area (Å²) in [5, 5.41) is 3.02. The third kappa shape index (κ3) is 5.35. The predicted molar refractivity (Wildman–Crippen MR) is 116 cm³/mol. The zero-order valence-corrected chi connectivity index (χ0v) is 18.6. The SMILES string of the molecule is COC(=O)C[C@@H]1c2cc(OC)c(OC)cc2CC[NH+]1CC(=O)NCc1ccccc1C. The summed E-state index contributed by atoms with van der Waals surface area (Å²) in [5.74, 6) is 0.932. The lowest BCUT2D eigenvalue weighted by molar-refractivity contribution is -0.925. The molecule has 0 aliphatic carbocycles. The molecule has 0 saturated carbocycles. The van der Waals surface area contributed by atoms with Gasteiger partial charge in [-0.1, -0.05) is 24.3 Å². The summed E-state index contributed by atoms with van der Waals surface area (Å²) in [7, 11) is 4.58. The molecule has 31 heavy (non-hydrogen) atoms. The van der Waals surface area contributed by atoms with Gasteiger partial charge in [0.2, 0.25) is 0 Å².